The molecule has 1 aliphatic carbocycles. The van der Waals surface area contributed by atoms with Gasteiger partial charge in [0.1, 0.15) is 0 Å². The monoisotopic (exact) mass is 308 g/mol. The van der Waals surface area contributed by atoms with E-state index in [1.807, 2.05) is 0 Å². The van der Waals surface area contributed by atoms with Crippen molar-refractivity contribution in [2.75, 3.05) is 11.1 Å². The van der Waals surface area contributed by atoms with Crippen molar-refractivity contribution in [1.29, 1.82) is 0 Å². The first-order valence-electron chi connectivity index (χ1n) is 7.96. The molecule has 0 spiro atoms. The Bertz CT molecular complexity index is 482. The zero-order valence-corrected chi connectivity index (χ0v) is 13.5. The first kappa shape index (κ1) is 16.2. The predicted octanol–water partition coefficient (Wildman–Crippen LogP) is 4.86. The molecule has 0 aliphatic heterocycles. The van der Waals surface area contributed by atoms with Gasteiger partial charge in [0.15, 0.2) is 0 Å². The highest BCUT2D eigenvalue weighted by Crippen LogP contribution is 2.33. The minimum Gasteiger partial charge on any atom is -0.397 e. The normalized spacial score (nSPS) is 22.0. The lowest BCUT2D eigenvalue weighted by Crippen LogP contribution is -2.27. The van der Waals surface area contributed by atoms with Crippen LogP contribution in [0.2, 0.25) is 5.02 Å². The number of unbranched alkanes of at least 4 members (excludes halogenated alkanes) is 1. The van der Waals surface area contributed by atoms with Crippen LogP contribution in [-0.4, -0.2) is 5.91 Å². The third kappa shape index (κ3) is 4.63. The van der Waals surface area contributed by atoms with E-state index in [-0.39, 0.29) is 11.8 Å². The first-order valence-corrected chi connectivity index (χ1v) is 8.33. The van der Waals surface area contributed by atoms with Crippen molar-refractivity contribution in [3.05, 3.63) is 23.2 Å². The SMILES string of the molecule is CCCCC1CCC(C(=O)Nc2cc(Cl)ccc2N)CC1. The van der Waals surface area contributed by atoms with Crippen LogP contribution in [-0.2, 0) is 4.79 Å². The maximum Gasteiger partial charge on any atom is 0.227 e. The van der Waals surface area contributed by atoms with Crippen molar-refractivity contribution in [3.8, 4) is 0 Å². The van der Waals surface area contributed by atoms with Gasteiger partial charge in [-0.1, -0.05) is 37.8 Å². The van der Waals surface area contributed by atoms with Crippen LogP contribution in [0.3, 0.4) is 0 Å². The molecule has 1 amide bonds. The number of amides is 1. The van der Waals surface area contributed by atoms with Crippen LogP contribution in [0.25, 0.3) is 0 Å². The lowest BCUT2D eigenvalue weighted by Gasteiger charge is -2.27. The van der Waals surface area contributed by atoms with Crippen molar-refractivity contribution in [1.82, 2.24) is 0 Å². The number of benzene rings is 1. The topological polar surface area (TPSA) is 55.1 Å². The lowest BCUT2D eigenvalue weighted by molar-refractivity contribution is -0.121. The molecular formula is C17H25ClN2O. The van der Waals surface area contributed by atoms with Crippen LogP contribution in [0.1, 0.15) is 51.9 Å². The van der Waals surface area contributed by atoms with E-state index < -0.39 is 0 Å². The molecule has 0 aromatic heterocycles. The third-order valence-electron chi connectivity index (χ3n) is 4.46. The summed E-state index contributed by atoms with van der Waals surface area (Å²) in [6, 6.07) is 5.16. The highest BCUT2D eigenvalue weighted by Gasteiger charge is 2.26. The van der Waals surface area contributed by atoms with Gasteiger partial charge in [-0.15, -0.1) is 0 Å². The minimum atomic E-state index is 0.0814. The van der Waals surface area contributed by atoms with Gasteiger partial charge in [-0.2, -0.15) is 0 Å². The van der Waals surface area contributed by atoms with Crippen LogP contribution in [0.4, 0.5) is 11.4 Å². The Balaban J connectivity index is 1.86. The number of halogens is 1. The van der Waals surface area contributed by atoms with Crippen LogP contribution < -0.4 is 11.1 Å². The Morgan fingerprint density at radius 3 is 2.71 bits per heavy atom. The average Bonchev–Trinajstić information content (AvgIpc) is 2.49. The third-order valence-corrected chi connectivity index (χ3v) is 4.69. The van der Waals surface area contributed by atoms with E-state index in [1.165, 1.54) is 32.1 Å². The van der Waals surface area contributed by atoms with Gasteiger partial charge in [0.05, 0.1) is 11.4 Å². The van der Waals surface area contributed by atoms with E-state index in [0.717, 1.165) is 18.8 Å². The molecule has 1 saturated carbocycles. The fourth-order valence-electron chi connectivity index (χ4n) is 3.08. The number of anilines is 2. The molecule has 0 unspecified atom stereocenters. The molecule has 0 saturated heterocycles. The second-order valence-electron chi connectivity index (χ2n) is 6.08. The molecule has 1 fully saturated rings. The molecule has 0 radical (unpaired) electrons. The highest BCUT2D eigenvalue weighted by atomic mass is 35.5. The number of rotatable bonds is 5. The van der Waals surface area contributed by atoms with Crippen molar-refractivity contribution in [2.45, 2.75) is 51.9 Å². The number of nitrogen functional groups attached to an aromatic ring is 1. The minimum absolute atomic E-state index is 0.0814. The molecule has 3 N–H and O–H groups in total. The van der Waals surface area contributed by atoms with Gasteiger partial charge in [-0.25, -0.2) is 0 Å². The van der Waals surface area contributed by atoms with E-state index in [4.69, 9.17) is 17.3 Å². The van der Waals surface area contributed by atoms with Gasteiger partial charge in [-0.05, 0) is 49.8 Å². The Morgan fingerprint density at radius 1 is 1.33 bits per heavy atom. The summed E-state index contributed by atoms with van der Waals surface area (Å²) < 4.78 is 0. The predicted molar refractivity (Wildman–Crippen MR) is 89.5 cm³/mol. The summed E-state index contributed by atoms with van der Waals surface area (Å²) in [6.07, 6.45) is 8.19. The van der Waals surface area contributed by atoms with Crippen LogP contribution in [0.5, 0.6) is 0 Å². The summed E-state index contributed by atoms with van der Waals surface area (Å²) in [5.74, 6) is 1.00. The number of carbonyl (C=O) groups is 1. The van der Waals surface area contributed by atoms with Gasteiger partial charge in [0.25, 0.3) is 0 Å². The Morgan fingerprint density at radius 2 is 2.05 bits per heavy atom. The Hall–Kier alpha value is -1.22. The number of hydrogen-bond acceptors (Lipinski definition) is 2. The molecule has 0 bridgehead atoms. The van der Waals surface area contributed by atoms with Crippen molar-refractivity contribution >= 4 is 28.9 Å². The zero-order chi connectivity index (χ0) is 15.2. The Labute approximate surface area is 132 Å². The van der Waals surface area contributed by atoms with Crippen molar-refractivity contribution in [3.63, 3.8) is 0 Å². The standard InChI is InChI=1S/C17H25ClN2O/c1-2-3-4-12-5-7-13(8-6-12)17(21)20-16-11-14(18)9-10-15(16)19/h9-13H,2-8,19H2,1H3,(H,20,21). The fourth-order valence-corrected chi connectivity index (χ4v) is 3.25. The van der Waals surface area contributed by atoms with Gasteiger partial charge in [-0.3, -0.25) is 4.79 Å². The maximum atomic E-state index is 12.3. The molecule has 116 valence electrons. The molecular weight excluding hydrogens is 284 g/mol. The smallest absolute Gasteiger partial charge is 0.227 e. The van der Waals surface area contributed by atoms with Crippen molar-refractivity contribution in [2.24, 2.45) is 11.8 Å². The van der Waals surface area contributed by atoms with Gasteiger partial charge in [0, 0.05) is 10.9 Å². The summed E-state index contributed by atoms with van der Waals surface area (Å²) in [6.45, 7) is 2.23. The number of carbonyl (C=O) groups excluding carboxylic acids is 1. The summed E-state index contributed by atoms with van der Waals surface area (Å²) in [5.41, 5.74) is 7.06. The highest BCUT2D eigenvalue weighted by molar-refractivity contribution is 6.31. The molecule has 1 aromatic rings. The fraction of sp³-hybridized carbons (Fsp3) is 0.588. The second-order valence-corrected chi connectivity index (χ2v) is 6.52. The molecule has 0 atom stereocenters. The van der Waals surface area contributed by atoms with Gasteiger partial charge < -0.3 is 11.1 Å². The second kappa shape index (κ2) is 7.69. The van der Waals surface area contributed by atoms with E-state index >= 15 is 0 Å². The molecule has 2 rings (SSSR count). The molecule has 0 heterocycles. The van der Waals surface area contributed by atoms with E-state index in [0.29, 0.717) is 16.4 Å². The van der Waals surface area contributed by atoms with E-state index in [2.05, 4.69) is 12.2 Å². The number of nitrogens with one attached hydrogen (secondary N) is 1. The van der Waals surface area contributed by atoms with Crippen molar-refractivity contribution < 1.29 is 4.79 Å². The van der Waals surface area contributed by atoms with Crippen LogP contribution in [0.15, 0.2) is 18.2 Å². The maximum absolute atomic E-state index is 12.3. The summed E-state index contributed by atoms with van der Waals surface area (Å²) in [4.78, 5) is 12.3. The summed E-state index contributed by atoms with van der Waals surface area (Å²) >= 11 is 5.95. The molecule has 3 nitrogen and oxygen atoms in total. The zero-order valence-electron chi connectivity index (χ0n) is 12.7. The first-order chi connectivity index (χ1) is 10.1. The lowest BCUT2D eigenvalue weighted by atomic mass is 9.79. The van der Waals surface area contributed by atoms with E-state index in [9.17, 15) is 4.79 Å². The average molecular weight is 309 g/mol. The quantitative estimate of drug-likeness (QED) is 0.763. The van der Waals surface area contributed by atoms with Crippen LogP contribution in [0, 0.1) is 11.8 Å². The molecule has 4 heteroatoms. The molecule has 1 aliphatic rings. The summed E-state index contributed by atoms with van der Waals surface area (Å²) in [5, 5.41) is 3.52. The van der Waals surface area contributed by atoms with Gasteiger partial charge in [0.2, 0.25) is 5.91 Å². The van der Waals surface area contributed by atoms with Crippen LogP contribution >= 0.6 is 11.6 Å². The molecule has 21 heavy (non-hydrogen) atoms. The Kier molecular flexibility index (Phi) is 5.92. The van der Waals surface area contributed by atoms with E-state index in [1.54, 1.807) is 18.2 Å². The largest absolute Gasteiger partial charge is 0.397 e. The summed E-state index contributed by atoms with van der Waals surface area (Å²) in [7, 11) is 0. The molecule has 1 aromatic carbocycles. The number of nitrogens with two attached hydrogens (primary N) is 1. The van der Waals surface area contributed by atoms with Gasteiger partial charge >= 0.3 is 0 Å². The number of hydrogen-bond donors (Lipinski definition) is 2.